The summed E-state index contributed by atoms with van der Waals surface area (Å²) in [6.45, 7) is 0.0905. The van der Waals surface area contributed by atoms with E-state index in [0.717, 1.165) is 16.5 Å². The van der Waals surface area contributed by atoms with Crippen LogP contribution >= 0.6 is 0 Å². The zero-order chi connectivity index (χ0) is 14.1. The first-order valence-corrected chi connectivity index (χ1v) is 6.26. The average Bonchev–Trinajstić information content (AvgIpc) is 2.44. The van der Waals surface area contributed by atoms with Crippen LogP contribution in [0.15, 0.2) is 42.2 Å². The van der Waals surface area contributed by atoms with E-state index in [1.807, 2.05) is 30.3 Å². The van der Waals surface area contributed by atoms with Gasteiger partial charge in [0, 0.05) is 18.6 Å². The van der Waals surface area contributed by atoms with Gasteiger partial charge in [0.25, 0.3) is 5.91 Å². The van der Waals surface area contributed by atoms with Gasteiger partial charge in [0.1, 0.15) is 5.70 Å². The van der Waals surface area contributed by atoms with Gasteiger partial charge in [-0.05, 0) is 23.8 Å². The predicted molar refractivity (Wildman–Crippen MR) is 75.5 cm³/mol. The Morgan fingerprint density at radius 3 is 2.90 bits per heavy atom. The Morgan fingerprint density at radius 1 is 1.25 bits per heavy atom. The van der Waals surface area contributed by atoms with Crippen molar-refractivity contribution in [3.63, 3.8) is 0 Å². The van der Waals surface area contributed by atoms with Gasteiger partial charge in [-0.2, -0.15) is 0 Å². The lowest BCUT2D eigenvalue weighted by atomic mass is 10.1. The molecule has 2 heterocycles. The number of pyridine rings is 1. The monoisotopic (exact) mass is 267 g/mol. The summed E-state index contributed by atoms with van der Waals surface area (Å²) in [5.41, 5.74) is 2.00. The molecule has 0 atom stereocenters. The molecule has 1 aromatic carbocycles. The van der Waals surface area contributed by atoms with E-state index in [9.17, 15) is 9.59 Å². The fraction of sp³-hybridized carbons (Fsp3) is 0.133. The van der Waals surface area contributed by atoms with Crippen LogP contribution in [0.5, 0.6) is 0 Å². The van der Waals surface area contributed by atoms with Gasteiger partial charge in [0.15, 0.2) is 0 Å². The van der Waals surface area contributed by atoms with Crippen LogP contribution < -0.4 is 5.32 Å². The van der Waals surface area contributed by atoms with Crippen LogP contribution in [0.1, 0.15) is 5.56 Å². The Bertz CT molecular complexity index is 731. The average molecular weight is 267 g/mol. The van der Waals surface area contributed by atoms with E-state index >= 15 is 0 Å². The molecule has 0 unspecified atom stereocenters. The number of piperazine rings is 1. The third kappa shape index (κ3) is 2.14. The molecule has 2 aromatic rings. The van der Waals surface area contributed by atoms with E-state index in [1.165, 1.54) is 4.90 Å². The second kappa shape index (κ2) is 4.77. The molecule has 5 heteroatoms. The summed E-state index contributed by atoms with van der Waals surface area (Å²) in [5, 5.41) is 3.56. The summed E-state index contributed by atoms with van der Waals surface area (Å²) in [6, 6.07) is 9.49. The van der Waals surface area contributed by atoms with Crippen molar-refractivity contribution in [3.05, 3.63) is 47.8 Å². The standard InChI is InChI=1S/C15H13N3O2/c1-18-9-14(19)17-13(15(18)20)8-10-6-7-16-12-5-3-2-4-11(10)12/h2-8H,9H2,1H3,(H,17,19)/b13-8-. The van der Waals surface area contributed by atoms with Crippen LogP contribution in [0.3, 0.4) is 0 Å². The third-order valence-corrected chi connectivity index (χ3v) is 3.21. The molecule has 1 aliphatic heterocycles. The van der Waals surface area contributed by atoms with Crippen molar-refractivity contribution in [3.8, 4) is 0 Å². The van der Waals surface area contributed by atoms with Crippen LogP contribution in [-0.4, -0.2) is 35.3 Å². The second-order valence-electron chi connectivity index (χ2n) is 4.68. The van der Waals surface area contributed by atoms with E-state index in [2.05, 4.69) is 10.3 Å². The summed E-state index contributed by atoms with van der Waals surface area (Å²) < 4.78 is 0. The number of nitrogens with zero attached hydrogens (tertiary/aromatic N) is 2. The molecule has 1 N–H and O–H groups in total. The van der Waals surface area contributed by atoms with Gasteiger partial charge < -0.3 is 10.2 Å². The number of rotatable bonds is 1. The number of amides is 2. The minimum absolute atomic E-state index is 0.0905. The molecule has 0 spiro atoms. The predicted octanol–water partition coefficient (Wildman–Crippen LogP) is 1.16. The van der Waals surface area contributed by atoms with Crippen molar-refractivity contribution >= 4 is 28.8 Å². The molecule has 3 rings (SSSR count). The summed E-state index contributed by atoms with van der Waals surface area (Å²) >= 11 is 0. The summed E-state index contributed by atoms with van der Waals surface area (Å²) in [7, 11) is 1.61. The van der Waals surface area contributed by atoms with E-state index in [1.54, 1.807) is 19.3 Å². The number of carbonyl (C=O) groups is 2. The highest BCUT2D eigenvalue weighted by atomic mass is 16.2. The van der Waals surface area contributed by atoms with Crippen LogP contribution in [0.2, 0.25) is 0 Å². The first kappa shape index (κ1) is 12.3. The van der Waals surface area contributed by atoms with E-state index in [4.69, 9.17) is 0 Å². The molecular formula is C15H13N3O2. The number of hydrogen-bond donors (Lipinski definition) is 1. The van der Waals surface area contributed by atoms with Gasteiger partial charge in [0.05, 0.1) is 12.1 Å². The maximum Gasteiger partial charge on any atom is 0.270 e. The highest BCUT2D eigenvalue weighted by molar-refractivity contribution is 6.07. The highest BCUT2D eigenvalue weighted by Crippen LogP contribution is 2.19. The summed E-state index contributed by atoms with van der Waals surface area (Å²) in [4.78, 5) is 29.2. The largest absolute Gasteiger partial charge is 0.331 e. The number of nitrogens with one attached hydrogen (secondary N) is 1. The van der Waals surface area contributed by atoms with E-state index < -0.39 is 0 Å². The number of carbonyl (C=O) groups excluding carboxylic acids is 2. The van der Waals surface area contributed by atoms with Crippen molar-refractivity contribution < 1.29 is 9.59 Å². The fourth-order valence-corrected chi connectivity index (χ4v) is 2.23. The molecular weight excluding hydrogens is 254 g/mol. The zero-order valence-corrected chi connectivity index (χ0v) is 11.0. The minimum atomic E-state index is -0.189. The smallest absolute Gasteiger partial charge is 0.270 e. The van der Waals surface area contributed by atoms with E-state index in [0.29, 0.717) is 5.70 Å². The zero-order valence-electron chi connectivity index (χ0n) is 11.0. The number of benzene rings is 1. The number of hydrogen-bond acceptors (Lipinski definition) is 3. The fourth-order valence-electron chi connectivity index (χ4n) is 2.23. The molecule has 20 heavy (non-hydrogen) atoms. The number of likely N-dealkylation sites (N-methyl/N-ethyl adjacent to an activating group) is 1. The highest BCUT2D eigenvalue weighted by Gasteiger charge is 2.24. The van der Waals surface area contributed by atoms with Crippen molar-refractivity contribution in [2.75, 3.05) is 13.6 Å². The Kier molecular flexibility index (Phi) is 2.95. The third-order valence-electron chi connectivity index (χ3n) is 3.21. The molecule has 1 saturated heterocycles. The molecule has 0 aliphatic carbocycles. The molecule has 1 aromatic heterocycles. The van der Waals surface area contributed by atoms with Gasteiger partial charge in [0.2, 0.25) is 5.91 Å². The lowest BCUT2D eigenvalue weighted by Crippen LogP contribution is -2.47. The van der Waals surface area contributed by atoms with Gasteiger partial charge in [-0.1, -0.05) is 18.2 Å². The molecule has 100 valence electrons. The maximum atomic E-state index is 12.0. The van der Waals surface area contributed by atoms with Crippen molar-refractivity contribution in [1.29, 1.82) is 0 Å². The van der Waals surface area contributed by atoms with Crippen LogP contribution in [0.4, 0.5) is 0 Å². The topological polar surface area (TPSA) is 62.3 Å². The molecule has 1 fully saturated rings. The van der Waals surface area contributed by atoms with Crippen molar-refractivity contribution in [1.82, 2.24) is 15.2 Å². The molecule has 2 amide bonds. The Hall–Kier alpha value is -2.69. The minimum Gasteiger partial charge on any atom is -0.331 e. The van der Waals surface area contributed by atoms with Gasteiger partial charge >= 0.3 is 0 Å². The number of fused-ring (bicyclic) bond motifs is 1. The lowest BCUT2D eigenvalue weighted by molar-refractivity contribution is -0.135. The number of para-hydroxylation sites is 1. The quantitative estimate of drug-likeness (QED) is 0.789. The summed E-state index contributed by atoms with van der Waals surface area (Å²) in [5.74, 6) is -0.373. The first-order chi connectivity index (χ1) is 9.65. The van der Waals surface area contributed by atoms with Crippen molar-refractivity contribution in [2.24, 2.45) is 0 Å². The Morgan fingerprint density at radius 2 is 2.05 bits per heavy atom. The van der Waals surface area contributed by atoms with Gasteiger partial charge in [-0.3, -0.25) is 14.6 Å². The van der Waals surface area contributed by atoms with Crippen LogP contribution in [0.25, 0.3) is 17.0 Å². The molecule has 0 radical (unpaired) electrons. The second-order valence-corrected chi connectivity index (χ2v) is 4.68. The van der Waals surface area contributed by atoms with E-state index in [-0.39, 0.29) is 18.4 Å². The molecule has 0 bridgehead atoms. The van der Waals surface area contributed by atoms with Gasteiger partial charge in [-0.15, -0.1) is 0 Å². The normalized spacial score (nSPS) is 17.6. The van der Waals surface area contributed by atoms with Gasteiger partial charge in [-0.25, -0.2) is 0 Å². The van der Waals surface area contributed by atoms with Crippen LogP contribution in [-0.2, 0) is 9.59 Å². The summed E-state index contributed by atoms with van der Waals surface area (Å²) in [6.07, 6.45) is 3.38. The lowest BCUT2D eigenvalue weighted by Gasteiger charge is -2.24. The molecule has 1 aliphatic rings. The van der Waals surface area contributed by atoms with Crippen molar-refractivity contribution in [2.45, 2.75) is 0 Å². The molecule has 0 saturated carbocycles. The Balaban J connectivity index is 2.09. The first-order valence-electron chi connectivity index (χ1n) is 6.26. The molecule has 5 nitrogen and oxygen atoms in total. The van der Waals surface area contributed by atoms with Crippen LogP contribution in [0, 0.1) is 0 Å². The number of aromatic nitrogens is 1. The maximum absolute atomic E-state index is 12.0. The Labute approximate surface area is 115 Å². The SMILES string of the molecule is CN1CC(=O)N/C(=C\c2ccnc3ccccc23)C1=O.